The van der Waals surface area contributed by atoms with Gasteiger partial charge >= 0.3 is 12.3 Å². The van der Waals surface area contributed by atoms with Gasteiger partial charge in [-0.3, -0.25) is 4.79 Å². The molecule has 0 atom stereocenters. The zero-order valence-electron chi connectivity index (χ0n) is 10.9. The molecule has 0 saturated carbocycles. The summed E-state index contributed by atoms with van der Waals surface area (Å²) < 4.78 is 39.8. The molecule has 1 aliphatic rings. The van der Waals surface area contributed by atoms with Gasteiger partial charge in [0.1, 0.15) is 0 Å². The summed E-state index contributed by atoms with van der Waals surface area (Å²) >= 11 is 0. The van der Waals surface area contributed by atoms with E-state index in [1.165, 1.54) is 9.80 Å². The van der Waals surface area contributed by atoms with Crippen molar-refractivity contribution in [1.82, 2.24) is 9.80 Å². The van der Waals surface area contributed by atoms with Crippen molar-refractivity contribution >= 4 is 12.0 Å². The van der Waals surface area contributed by atoms with Crippen LogP contribution in [0.15, 0.2) is 0 Å². The quantitative estimate of drug-likeness (QED) is 0.771. The van der Waals surface area contributed by atoms with Crippen LogP contribution in [0.25, 0.3) is 0 Å². The molecule has 8 heteroatoms. The molecule has 1 aliphatic heterocycles. The van der Waals surface area contributed by atoms with Crippen LogP contribution >= 0.6 is 0 Å². The fourth-order valence-electron chi connectivity index (χ4n) is 1.91. The van der Waals surface area contributed by atoms with Crippen LogP contribution in [0.2, 0.25) is 0 Å². The van der Waals surface area contributed by atoms with Gasteiger partial charge in [-0.25, -0.2) is 4.79 Å². The van der Waals surface area contributed by atoms with Crippen molar-refractivity contribution < 1.29 is 27.5 Å². The second kappa shape index (κ2) is 6.12. The van der Waals surface area contributed by atoms with Gasteiger partial charge in [-0.2, -0.15) is 13.2 Å². The second-order valence-electron chi connectivity index (χ2n) is 4.66. The number of piperidine rings is 1. The van der Waals surface area contributed by atoms with E-state index < -0.39 is 18.9 Å². The molecule has 0 radical (unpaired) electrons. The molecular formula is C11H17F3N2O3. The molecular weight excluding hydrogens is 265 g/mol. The van der Waals surface area contributed by atoms with E-state index in [0.29, 0.717) is 12.8 Å². The van der Waals surface area contributed by atoms with Gasteiger partial charge in [-0.15, -0.1) is 0 Å². The van der Waals surface area contributed by atoms with Gasteiger partial charge in [-0.05, 0) is 12.8 Å². The van der Waals surface area contributed by atoms with Crippen LogP contribution in [0.5, 0.6) is 0 Å². The predicted molar refractivity (Wildman–Crippen MR) is 60.4 cm³/mol. The van der Waals surface area contributed by atoms with Crippen LogP contribution in [0.3, 0.4) is 0 Å². The fraction of sp³-hybridized carbons (Fsp3) is 0.818. The highest BCUT2D eigenvalue weighted by Gasteiger charge is 2.33. The normalized spacial score (nSPS) is 17.2. The summed E-state index contributed by atoms with van der Waals surface area (Å²) in [6.07, 6.45) is -4.61. The summed E-state index contributed by atoms with van der Waals surface area (Å²) in [6, 6.07) is 0. The topological polar surface area (TPSA) is 49.9 Å². The van der Waals surface area contributed by atoms with Gasteiger partial charge in [0.25, 0.3) is 0 Å². The van der Waals surface area contributed by atoms with E-state index in [9.17, 15) is 22.8 Å². The number of carbonyl (C=O) groups is 2. The lowest BCUT2D eigenvalue weighted by atomic mass is 9.96. The largest absolute Gasteiger partial charge is 0.440 e. The Morgan fingerprint density at radius 3 is 2.21 bits per heavy atom. The number of hydrogen-bond donors (Lipinski definition) is 0. The molecule has 110 valence electrons. The zero-order valence-corrected chi connectivity index (χ0v) is 10.9. The maximum Gasteiger partial charge on any atom is 0.422 e. The Morgan fingerprint density at radius 2 is 1.79 bits per heavy atom. The average Bonchev–Trinajstić information content (AvgIpc) is 2.34. The van der Waals surface area contributed by atoms with Crippen molar-refractivity contribution in [1.29, 1.82) is 0 Å². The van der Waals surface area contributed by atoms with E-state index >= 15 is 0 Å². The second-order valence-corrected chi connectivity index (χ2v) is 4.66. The third-order valence-corrected chi connectivity index (χ3v) is 2.90. The summed E-state index contributed by atoms with van der Waals surface area (Å²) in [5.41, 5.74) is 0. The molecule has 19 heavy (non-hydrogen) atoms. The SMILES string of the molecule is CN(C)C(=O)C1CCN(C(=O)OCC(F)(F)F)CC1. The number of rotatable bonds is 2. The Bertz CT molecular complexity index is 337. The molecule has 0 aliphatic carbocycles. The maximum atomic E-state index is 11.9. The monoisotopic (exact) mass is 282 g/mol. The van der Waals surface area contributed by atoms with Crippen LogP contribution in [-0.2, 0) is 9.53 Å². The average molecular weight is 282 g/mol. The molecule has 1 saturated heterocycles. The molecule has 0 N–H and O–H groups in total. The van der Waals surface area contributed by atoms with Crippen molar-refractivity contribution in [2.75, 3.05) is 33.8 Å². The van der Waals surface area contributed by atoms with Crippen LogP contribution in [0, 0.1) is 5.92 Å². The number of halogens is 3. The van der Waals surface area contributed by atoms with Gasteiger partial charge in [0.05, 0.1) is 0 Å². The van der Waals surface area contributed by atoms with E-state index in [1.54, 1.807) is 14.1 Å². The molecule has 1 rings (SSSR count). The summed E-state index contributed by atoms with van der Waals surface area (Å²) in [4.78, 5) is 25.7. The first kappa shape index (κ1) is 15.6. The first-order chi connectivity index (χ1) is 8.70. The van der Waals surface area contributed by atoms with Gasteiger partial charge in [0, 0.05) is 33.1 Å². The Labute approximate surface area is 109 Å². The number of carbonyl (C=O) groups excluding carboxylic acids is 2. The summed E-state index contributed by atoms with van der Waals surface area (Å²) in [5, 5.41) is 0. The van der Waals surface area contributed by atoms with Crippen molar-refractivity contribution in [2.45, 2.75) is 19.0 Å². The Hall–Kier alpha value is -1.47. The van der Waals surface area contributed by atoms with Crippen molar-refractivity contribution in [3.8, 4) is 0 Å². The van der Waals surface area contributed by atoms with Gasteiger partial charge in [-0.1, -0.05) is 0 Å². The highest BCUT2D eigenvalue weighted by Crippen LogP contribution is 2.20. The molecule has 1 heterocycles. The fourth-order valence-corrected chi connectivity index (χ4v) is 1.91. The minimum absolute atomic E-state index is 0.0247. The first-order valence-electron chi connectivity index (χ1n) is 5.90. The van der Waals surface area contributed by atoms with E-state index in [-0.39, 0.29) is 24.9 Å². The van der Waals surface area contributed by atoms with Crippen molar-refractivity contribution in [3.05, 3.63) is 0 Å². The number of nitrogens with zero attached hydrogens (tertiary/aromatic N) is 2. The molecule has 5 nitrogen and oxygen atoms in total. The molecule has 0 aromatic heterocycles. The van der Waals surface area contributed by atoms with Crippen LogP contribution < -0.4 is 0 Å². The van der Waals surface area contributed by atoms with Crippen LogP contribution in [-0.4, -0.2) is 61.8 Å². The Morgan fingerprint density at radius 1 is 1.26 bits per heavy atom. The Balaban J connectivity index is 2.37. The predicted octanol–water partition coefficient (Wildman–Crippen LogP) is 1.49. The zero-order chi connectivity index (χ0) is 14.6. The van der Waals surface area contributed by atoms with E-state index in [4.69, 9.17) is 0 Å². The van der Waals surface area contributed by atoms with Gasteiger partial charge < -0.3 is 14.5 Å². The lowest BCUT2D eigenvalue weighted by Crippen LogP contribution is -2.43. The third-order valence-electron chi connectivity index (χ3n) is 2.90. The molecule has 0 bridgehead atoms. The molecule has 1 fully saturated rings. The molecule has 0 spiro atoms. The number of likely N-dealkylation sites (tertiary alicyclic amines) is 1. The highest BCUT2D eigenvalue weighted by atomic mass is 19.4. The standard InChI is InChI=1S/C11H17F3N2O3/c1-15(2)9(17)8-3-5-16(6-4-8)10(18)19-7-11(12,13)14/h8H,3-7H2,1-2H3. The van der Waals surface area contributed by atoms with E-state index in [0.717, 1.165) is 0 Å². The van der Waals surface area contributed by atoms with Crippen molar-refractivity contribution in [2.24, 2.45) is 5.92 Å². The van der Waals surface area contributed by atoms with Gasteiger partial charge in [0.2, 0.25) is 5.91 Å². The minimum atomic E-state index is -4.52. The number of amides is 2. The number of ether oxygens (including phenoxy) is 1. The summed E-state index contributed by atoms with van der Waals surface area (Å²) in [7, 11) is 3.29. The molecule has 0 unspecified atom stereocenters. The molecule has 0 aromatic carbocycles. The number of hydrogen-bond acceptors (Lipinski definition) is 3. The summed E-state index contributed by atoms with van der Waals surface area (Å²) in [5.74, 6) is -0.204. The summed E-state index contributed by atoms with van der Waals surface area (Å²) in [6.45, 7) is -1.11. The number of alkyl halides is 3. The van der Waals surface area contributed by atoms with E-state index in [2.05, 4.69) is 4.74 Å². The minimum Gasteiger partial charge on any atom is -0.440 e. The smallest absolute Gasteiger partial charge is 0.422 e. The van der Waals surface area contributed by atoms with Crippen molar-refractivity contribution in [3.63, 3.8) is 0 Å². The van der Waals surface area contributed by atoms with Gasteiger partial charge in [0.15, 0.2) is 6.61 Å². The highest BCUT2D eigenvalue weighted by molar-refractivity contribution is 5.78. The lowest BCUT2D eigenvalue weighted by molar-refractivity contribution is -0.162. The van der Waals surface area contributed by atoms with Crippen LogP contribution in [0.1, 0.15) is 12.8 Å². The first-order valence-corrected chi connectivity index (χ1v) is 5.90. The molecule has 0 aromatic rings. The Kier molecular flexibility index (Phi) is 5.02. The van der Waals surface area contributed by atoms with Crippen LogP contribution in [0.4, 0.5) is 18.0 Å². The molecule has 2 amide bonds. The van der Waals surface area contributed by atoms with E-state index in [1.807, 2.05) is 0 Å². The maximum absolute atomic E-state index is 11.9. The third kappa shape index (κ3) is 4.96. The lowest BCUT2D eigenvalue weighted by Gasteiger charge is -2.31.